The van der Waals surface area contributed by atoms with Gasteiger partial charge in [0.15, 0.2) is 0 Å². The first-order chi connectivity index (χ1) is 3.41. The van der Waals surface area contributed by atoms with E-state index in [0.717, 1.165) is 12.8 Å². The van der Waals surface area contributed by atoms with Crippen molar-refractivity contribution in [3.8, 4) is 0 Å². The smallest absolute Gasteiger partial charge is 0.0819 e. The van der Waals surface area contributed by atoms with Crippen LogP contribution in [0.5, 0.6) is 0 Å². The van der Waals surface area contributed by atoms with Gasteiger partial charge in [-0.2, -0.15) is 0 Å². The maximum Gasteiger partial charge on any atom is 0.0819 e. The van der Waals surface area contributed by atoms with E-state index in [4.69, 9.17) is 5.26 Å². The molecule has 2 heteroatoms. The van der Waals surface area contributed by atoms with Crippen LogP contribution in [0.3, 0.4) is 0 Å². The highest BCUT2D eigenvalue weighted by Crippen LogP contribution is 1.91. The summed E-state index contributed by atoms with van der Waals surface area (Å²) in [6, 6.07) is 0. The quantitative estimate of drug-likeness (QED) is 0.334. The zero-order valence-electron chi connectivity index (χ0n) is 4.68. The Labute approximate surface area is 44.0 Å². The monoisotopic (exact) mass is 104 g/mol. The van der Waals surface area contributed by atoms with E-state index in [0.29, 0.717) is 6.61 Å². The van der Waals surface area contributed by atoms with Crippen LogP contribution < -0.4 is 0 Å². The summed E-state index contributed by atoms with van der Waals surface area (Å²) in [5.74, 6) is 0. The molecule has 1 N–H and O–H groups in total. The van der Waals surface area contributed by atoms with Gasteiger partial charge in [-0.3, -0.25) is 5.26 Å². The Kier molecular flexibility index (Phi) is 5.85. The van der Waals surface area contributed by atoms with E-state index in [1.807, 2.05) is 0 Å². The first-order valence-electron chi connectivity index (χ1n) is 2.68. The Morgan fingerprint density at radius 1 is 1.43 bits per heavy atom. The molecule has 0 aromatic rings. The van der Waals surface area contributed by atoms with Crippen molar-refractivity contribution in [2.45, 2.75) is 26.2 Å². The summed E-state index contributed by atoms with van der Waals surface area (Å²) in [4.78, 5) is 3.84. The van der Waals surface area contributed by atoms with Crippen molar-refractivity contribution in [1.82, 2.24) is 0 Å². The molecule has 0 saturated heterocycles. The van der Waals surface area contributed by atoms with Crippen LogP contribution in [0.25, 0.3) is 0 Å². The van der Waals surface area contributed by atoms with Crippen molar-refractivity contribution in [3.63, 3.8) is 0 Å². The van der Waals surface area contributed by atoms with Crippen LogP contribution in [0.2, 0.25) is 0 Å². The molecular weight excluding hydrogens is 92.1 g/mol. The molecule has 2 nitrogen and oxygen atoms in total. The number of unbranched alkanes of at least 4 members (excludes halogenated alkanes) is 2. The van der Waals surface area contributed by atoms with Crippen molar-refractivity contribution in [2.24, 2.45) is 0 Å². The third kappa shape index (κ3) is 5.92. The highest BCUT2D eigenvalue weighted by Gasteiger charge is 1.81. The summed E-state index contributed by atoms with van der Waals surface area (Å²) in [5.41, 5.74) is 0. The second-order valence-corrected chi connectivity index (χ2v) is 1.54. The average Bonchev–Trinajstić information content (AvgIpc) is 1.69. The van der Waals surface area contributed by atoms with E-state index >= 15 is 0 Å². The molecule has 0 rings (SSSR count). The van der Waals surface area contributed by atoms with Crippen molar-refractivity contribution in [2.75, 3.05) is 6.61 Å². The number of hydrogen-bond donors (Lipinski definition) is 1. The van der Waals surface area contributed by atoms with Crippen LogP contribution in [-0.2, 0) is 4.89 Å². The van der Waals surface area contributed by atoms with Crippen LogP contribution >= 0.6 is 0 Å². The van der Waals surface area contributed by atoms with Gasteiger partial charge in [0.1, 0.15) is 0 Å². The van der Waals surface area contributed by atoms with Gasteiger partial charge in [0, 0.05) is 0 Å². The van der Waals surface area contributed by atoms with Crippen molar-refractivity contribution in [1.29, 1.82) is 0 Å². The lowest BCUT2D eigenvalue weighted by molar-refractivity contribution is -0.242. The first-order valence-corrected chi connectivity index (χ1v) is 2.68. The maximum absolute atomic E-state index is 7.79. The van der Waals surface area contributed by atoms with E-state index in [1.54, 1.807) is 0 Å². The van der Waals surface area contributed by atoms with Crippen LogP contribution in [-0.4, -0.2) is 11.9 Å². The van der Waals surface area contributed by atoms with Crippen LogP contribution in [0.4, 0.5) is 0 Å². The van der Waals surface area contributed by atoms with Crippen LogP contribution in [0, 0.1) is 0 Å². The minimum atomic E-state index is 0.480. The molecule has 0 atom stereocenters. The molecule has 0 fully saturated rings. The molecule has 0 aliphatic rings. The van der Waals surface area contributed by atoms with Gasteiger partial charge in [-0.25, -0.2) is 4.89 Å². The van der Waals surface area contributed by atoms with E-state index in [9.17, 15) is 0 Å². The predicted octanol–water partition coefficient (Wildman–Crippen LogP) is 1.67. The zero-order chi connectivity index (χ0) is 5.54. The highest BCUT2D eigenvalue weighted by atomic mass is 17.1. The molecule has 0 aromatic heterocycles. The lowest BCUT2D eigenvalue weighted by Gasteiger charge is -1.90. The largest absolute Gasteiger partial charge is 0.252 e. The third-order valence-electron chi connectivity index (χ3n) is 0.839. The van der Waals surface area contributed by atoms with Gasteiger partial charge in [0.25, 0.3) is 0 Å². The molecule has 0 heterocycles. The van der Waals surface area contributed by atoms with Crippen molar-refractivity contribution < 1.29 is 10.1 Å². The summed E-state index contributed by atoms with van der Waals surface area (Å²) >= 11 is 0. The molecule has 0 aromatic carbocycles. The van der Waals surface area contributed by atoms with Gasteiger partial charge < -0.3 is 0 Å². The molecule has 0 saturated carbocycles. The lowest BCUT2D eigenvalue weighted by Crippen LogP contribution is -1.86. The number of hydrogen-bond acceptors (Lipinski definition) is 2. The summed E-state index contributed by atoms with van der Waals surface area (Å²) < 4.78 is 0. The Bertz CT molecular complexity index is 25.3. The maximum atomic E-state index is 7.79. The van der Waals surface area contributed by atoms with Gasteiger partial charge in [-0.1, -0.05) is 19.8 Å². The third-order valence-corrected chi connectivity index (χ3v) is 0.839. The fourth-order valence-corrected chi connectivity index (χ4v) is 0.417. The summed E-state index contributed by atoms with van der Waals surface area (Å²) in [5, 5.41) is 7.79. The van der Waals surface area contributed by atoms with E-state index in [-0.39, 0.29) is 0 Å². The molecule has 0 bridgehead atoms. The predicted molar refractivity (Wildman–Crippen MR) is 28.1 cm³/mol. The van der Waals surface area contributed by atoms with Crippen LogP contribution in [0.1, 0.15) is 26.2 Å². The van der Waals surface area contributed by atoms with Gasteiger partial charge in [0.05, 0.1) is 6.61 Å². The first kappa shape index (κ1) is 6.92. The van der Waals surface area contributed by atoms with Gasteiger partial charge in [-0.05, 0) is 6.42 Å². The molecule has 7 heavy (non-hydrogen) atoms. The minimum absolute atomic E-state index is 0.480. The summed E-state index contributed by atoms with van der Waals surface area (Å²) in [6.45, 7) is 2.59. The van der Waals surface area contributed by atoms with Gasteiger partial charge >= 0.3 is 0 Å². The van der Waals surface area contributed by atoms with Crippen molar-refractivity contribution in [3.05, 3.63) is 0 Å². The van der Waals surface area contributed by atoms with Gasteiger partial charge in [-0.15, -0.1) is 0 Å². The van der Waals surface area contributed by atoms with Crippen LogP contribution in [0.15, 0.2) is 0 Å². The fraction of sp³-hybridized carbons (Fsp3) is 1.00. The molecule has 0 radical (unpaired) electrons. The summed E-state index contributed by atoms with van der Waals surface area (Å²) in [6.07, 6.45) is 3.27. The topological polar surface area (TPSA) is 29.5 Å². The molecule has 0 spiro atoms. The number of rotatable bonds is 4. The molecule has 44 valence electrons. The Morgan fingerprint density at radius 2 is 2.14 bits per heavy atom. The second kappa shape index (κ2) is 5.92. The van der Waals surface area contributed by atoms with Crippen molar-refractivity contribution >= 4 is 0 Å². The fourth-order valence-electron chi connectivity index (χ4n) is 0.417. The molecule has 0 amide bonds. The average molecular weight is 104 g/mol. The molecular formula is C5H12O2. The Balaban J connectivity index is 2.45. The zero-order valence-corrected chi connectivity index (χ0v) is 4.68. The Morgan fingerprint density at radius 3 is 2.57 bits per heavy atom. The molecule has 0 aliphatic carbocycles. The van der Waals surface area contributed by atoms with E-state index < -0.39 is 0 Å². The van der Waals surface area contributed by atoms with E-state index in [2.05, 4.69) is 11.8 Å². The standard InChI is InChI=1S/C5H12O2/c1-2-3-4-5-7-6/h6H,2-5H2,1H3. The summed E-state index contributed by atoms with van der Waals surface area (Å²) in [7, 11) is 0. The Hall–Kier alpha value is -0.0800. The minimum Gasteiger partial charge on any atom is -0.252 e. The molecule has 0 aliphatic heterocycles. The van der Waals surface area contributed by atoms with E-state index in [1.165, 1.54) is 6.42 Å². The highest BCUT2D eigenvalue weighted by molar-refractivity contribution is 4.31. The normalized spacial score (nSPS) is 9.43. The lowest BCUT2D eigenvalue weighted by atomic mass is 10.3. The van der Waals surface area contributed by atoms with Gasteiger partial charge in [0.2, 0.25) is 0 Å². The second-order valence-electron chi connectivity index (χ2n) is 1.54. The SMILES string of the molecule is CCCCCOO. The molecule has 0 unspecified atom stereocenters.